The lowest BCUT2D eigenvalue weighted by molar-refractivity contribution is 0.0697. The van der Waals surface area contributed by atoms with Crippen molar-refractivity contribution in [2.75, 3.05) is 6.61 Å². The molecule has 0 unspecified atom stereocenters. The predicted molar refractivity (Wildman–Crippen MR) is 93.8 cm³/mol. The van der Waals surface area contributed by atoms with Gasteiger partial charge in [0, 0.05) is 11.1 Å². The zero-order chi connectivity index (χ0) is 17.7. The second kappa shape index (κ2) is 7.47. The SMILES string of the molecule is C=C(C#N)/C=C\C(=C/C)CC1=C(C)COc2ccc(C(=O)O)cc21. The maximum atomic E-state index is 11.2. The summed E-state index contributed by atoms with van der Waals surface area (Å²) < 4.78 is 5.69. The Bertz CT molecular complexity index is 820. The highest BCUT2D eigenvalue weighted by atomic mass is 16.5. The fraction of sp³-hybridized carbons (Fsp3) is 0.200. The monoisotopic (exact) mass is 321 g/mol. The minimum atomic E-state index is -0.961. The van der Waals surface area contributed by atoms with Gasteiger partial charge in [0.1, 0.15) is 12.4 Å². The molecule has 4 nitrogen and oxygen atoms in total. The van der Waals surface area contributed by atoms with Crippen LogP contribution in [-0.4, -0.2) is 17.7 Å². The molecule has 0 saturated carbocycles. The molecule has 0 aromatic heterocycles. The summed E-state index contributed by atoms with van der Waals surface area (Å²) in [4.78, 5) is 11.2. The summed E-state index contributed by atoms with van der Waals surface area (Å²) in [6, 6.07) is 6.89. The van der Waals surface area contributed by atoms with E-state index in [2.05, 4.69) is 6.58 Å². The second-order valence-electron chi connectivity index (χ2n) is 5.57. The maximum absolute atomic E-state index is 11.2. The van der Waals surface area contributed by atoms with Crippen molar-refractivity contribution >= 4 is 11.5 Å². The Kier molecular flexibility index (Phi) is 5.39. The van der Waals surface area contributed by atoms with Crippen molar-refractivity contribution in [2.24, 2.45) is 0 Å². The number of benzene rings is 1. The first-order valence-corrected chi connectivity index (χ1v) is 7.57. The van der Waals surface area contributed by atoms with Crippen LogP contribution in [0.4, 0.5) is 0 Å². The summed E-state index contributed by atoms with van der Waals surface area (Å²) in [6.45, 7) is 8.03. The van der Waals surface area contributed by atoms with Gasteiger partial charge in [-0.1, -0.05) is 18.7 Å². The fourth-order valence-electron chi connectivity index (χ4n) is 2.48. The number of nitriles is 1. The van der Waals surface area contributed by atoms with Gasteiger partial charge in [0.25, 0.3) is 0 Å². The molecule has 1 aromatic carbocycles. The van der Waals surface area contributed by atoms with E-state index in [1.54, 1.807) is 24.3 Å². The fourth-order valence-corrected chi connectivity index (χ4v) is 2.48. The van der Waals surface area contributed by atoms with Gasteiger partial charge in [-0.3, -0.25) is 0 Å². The van der Waals surface area contributed by atoms with Crippen LogP contribution in [0.15, 0.2) is 59.7 Å². The van der Waals surface area contributed by atoms with Crippen LogP contribution in [0.3, 0.4) is 0 Å². The van der Waals surface area contributed by atoms with Crippen molar-refractivity contribution in [1.29, 1.82) is 5.26 Å². The van der Waals surface area contributed by atoms with Gasteiger partial charge in [-0.25, -0.2) is 4.79 Å². The van der Waals surface area contributed by atoms with Crippen molar-refractivity contribution in [3.05, 3.63) is 70.9 Å². The Balaban J connectivity index is 2.38. The molecule has 0 radical (unpaired) electrons. The van der Waals surface area contributed by atoms with Crippen LogP contribution in [0.1, 0.15) is 36.2 Å². The molecule has 4 heteroatoms. The Hall–Kier alpha value is -3.06. The molecule has 0 saturated heterocycles. The second-order valence-corrected chi connectivity index (χ2v) is 5.57. The number of aromatic carboxylic acids is 1. The number of hydrogen-bond acceptors (Lipinski definition) is 3. The number of fused-ring (bicyclic) bond motifs is 1. The van der Waals surface area contributed by atoms with E-state index >= 15 is 0 Å². The molecule has 0 amide bonds. The van der Waals surface area contributed by atoms with E-state index in [1.807, 2.05) is 32.1 Å². The number of hydrogen-bond donors (Lipinski definition) is 1. The normalized spacial score (nSPS) is 14.1. The third-order valence-corrected chi connectivity index (χ3v) is 3.90. The largest absolute Gasteiger partial charge is 0.489 e. The van der Waals surface area contributed by atoms with Crippen LogP contribution >= 0.6 is 0 Å². The van der Waals surface area contributed by atoms with Crippen LogP contribution in [0, 0.1) is 11.3 Å². The summed E-state index contributed by atoms with van der Waals surface area (Å²) >= 11 is 0. The average Bonchev–Trinajstić information content (AvgIpc) is 2.59. The van der Waals surface area contributed by atoms with E-state index in [0.717, 1.165) is 22.3 Å². The minimum Gasteiger partial charge on any atom is -0.489 e. The standard InChI is InChI=1S/C20H19NO3/c1-4-15(6-5-13(2)11-21)9-17-14(3)12-24-19-8-7-16(20(22)23)10-18(17)19/h4-8,10H,2,9,12H2,1,3H3,(H,22,23)/b6-5-,15-4+. The van der Waals surface area contributed by atoms with Gasteiger partial charge in [0.05, 0.1) is 11.6 Å². The molecule has 24 heavy (non-hydrogen) atoms. The van der Waals surface area contributed by atoms with Gasteiger partial charge in [0.15, 0.2) is 0 Å². The first kappa shape index (κ1) is 17.3. The van der Waals surface area contributed by atoms with Crippen molar-refractivity contribution in [3.8, 4) is 11.8 Å². The van der Waals surface area contributed by atoms with Gasteiger partial charge in [-0.15, -0.1) is 0 Å². The molecule has 0 aliphatic carbocycles. The van der Waals surface area contributed by atoms with Gasteiger partial charge in [-0.05, 0) is 61.3 Å². The topological polar surface area (TPSA) is 70.3 Å². The van der Waals surface area contributed by atoms with E-state index in [9.17, 15) is 9.90 Å². The summed E-state index contributed by atoms with van der Waals surface area (Å²) in [6.07, 6.45) is 6.15. The van der Waals surface area contributed by atoms with E-state index in [0.29, 0.717) is 24.4 Å². The quantitative estimate of drug-likeness (QED) is 0.639. The van der Waals surface area contributed by atoms with Gasteiger partial charge < -0.3 is 9.84 Å². The number of allylic oxidation sites excluding steroid dienone is 6. The van der Waals surface area contributed by atoms with Crippen molar-refractivity contribution in [3.63, 3.8) is 0 Å². The van der Waals surface area contributed by atoms with Gasteiger partial charge in [-0.2, -0.15) is 5.26 Å². The molecule has 1 aliphatic rings. The lowest BCUT2D eigenvalue weighted by atomic mass is 9.90. The summed E-state index contributed by atoms with van der Waals surface area (Å²) in [5, 5.41) is 18.0. The van der Waals surface area contributed by atoms with Crippen LogP contribution in [0.2, 0.25) is 0 Å². The van der Waals surface area contributed by atoms with Gasteiger partial charge >= 0.3 is 5.97 Å². The average molecular weight is 321 g/mol. The molecule has 1 N–H and O–H groups in total. The number of rotatable bonds is 5. The number of carboxylic acids is 1. The van der Waals surface area contributed by atoms with Crippen LogP contribution in [-0.2, 0) is 0 Å². The number of carbonyl (C=O) groups is 1. The van der Waals surface area contributed by atoms with Gasteiger partial charge in [0.2, 0.25) is 0 Å². The molecular formula is C20H19NO3. The minimum absolute atomic E-state index is 0.236. The number of ether oxygens (including phenoxy) is 1. The van der Waals surface area contributed by atoms with Crippen LogP contribution < -0.4 is 4.74 Å². The Morgan fingerprint density at radius 3 is 2.83 bits per heavy atom. The highest BCUT2D eigenvalue weighted by molar-refractivity contribution is 5.90. The molecule has 1 aliphatic heterocycles. The lowest BCUT2D eigenvalue weighted by Gasteiger charge is -2.23. The maximum Gasteiger partial charge on any atom is 0.335 e. The van der Waals surface area contributed by atoms with Crippen molar-refractivity contribution in [2.45, 2.75) is 20.3 Å². The number of nitrogens with zero attached hydrogens (tertiary/aromatic N) is 1. The smallest absolute Gasteiger partial charge is 0.335 e. The first-order valence-electron chi connectivity index (χ1n) is 7.57. The summed E-state index contributed by atoms with van der Waals surface area (Å²) in [7, 11) is 0. The zero-order valence-electron chi connectivity index (χ0n) is 13.8. The van der Waals surface area contributed by atoms with E-state index in [4.69, 9.17) is 10.00 Å². The number of carboxylic acid groups (broad SMARTS) is 1. The first-order chi connectivity index (χ1) is 11.5. The zero-order valence-corrected chi connectivity index (χ0v) is 13.8. The van der Waals surface area contributed by atoms with E-state index < -0.39 is 5.97 Å². The molecular weight excluding hydrogens is 302 g/mol. The van der Waals surface area contributed by atoms with Crippen LogP contribution in [0.5, 0.6) is 5.75 Å². The van der Waals surface area contributed by atoms with Crippen molar-refractivity contribution < 1.29 is 14.6 Å². The highest BCUT2D eigenvalue weighted by Crippen LogP contribution is 2.37. The Labute approximate surface area is 141 Å². The third kappa shape index (κ3) is 3.82. The molecule has 0 atom stereocenters. The van der Waals surface area contributed by atoms with E-state index in [-0.39, 0.29) is 5.56 Å². The lowest BCUT2D eigenvalue weighted by Crippen LogP contribution is -2.11. The Morgan fingerprint density at radius 1 is 1.46 bits per heavy atom. The van der Waals surface area contributed by atoms with Crippen LogP contribution in [0.25, 0.3) is 5.57 Å². The molecule has 1 aromatic rings. The Morgan fingerprint density at radius 2 is 2.21 bits per heavy atom. The summed E-state index contributed by atoms with van der Waals surface area (Å²) in [5.74, 6) is -0.265. The molecule has 1 heterocycles. The van der Waals surface area contributed by atoms with Crippen molar-refractivity contribution in [1.82, 2.24) is 0 Å². The molecule has 122 valence electrons. The summed E-state index contributed by atoms with van der Waals surface area (Å²) in [5.41, 5.74) is 4.58. The third-order valence-electron chi connectivity index (χ3n) is 3.90. The van der Waals surface area contributed by atoms with E-state index in [1.165, 1.54) is 0 Å². The highest BCUT2D eigenvalue weighted by Gasteiger charge is 2.20. The molecule has 2 rings (SSSR count). The molecule has 0 spiro atoms. The molecule has 0 fully saturated rings. The predicted octanol–water partition coefficient (Wildman–Crippen LogP) is 4.52. The molecule has 0 bridgehead atoms.